The van der Waals surface area contributed by atoms with E-state index in [-0.39, 0.29) is 11.6 Å². The fourth-order valence-corrected chi connectivity index (χ4v) is 3.84. The van der Waals surface area contributed by atoms with E-state index in [0.717, 1.165) is 17.0 Å². The highest BCUT2D eigenvalue weighted by atomic mass is 35.5. The van der Waals surface area contributed by atoms with Gasteiger partial charge in [-0.3, -0.25) is 14.6 Å². The maximum absolute atomic E-state index is 13.1. The number of H-pyrrole nitrogens is 1. The molecule has 2 aromatic carbocycles. The van der Waals surface area contributed by atoms with Crippen LogP contribution in [0.25, 0.3) is 28.2 Å². The van der Waals surface area contributed by atoms with E-state index in [1.165, 1.54) is 0 Å². The van der Waals surface area contributed by atoms with E-state index in [9.17, 15) is 4.79 Å². The highest BCUT2D eigenvalue weighted by Crippen LogP contribution is 2.37. The van der Waals surface area contributed by atoms with Crippen LogP contribution < -0.4 is 5.56 Å². The van der Waals surface area contributed by atoms with E-state index < -0.39 is 0 Å². The molecule has 4 rings (SSSR count). The number of hydrogen-bond donors (Lipinski definition) is 1. The summed E-state index contributed by atoms with van der Waals surface area (Å²) < 4.78 is 3.53. The van der Waals surface area contributed by atoms with Crippen LogP contribution in [0.1, 0.15) is 19.9 Å². The van der Waals surface area contributed by atoms with Crippen molar-refractivity contribution < 1.29 is 0 Å². The van der Waals surface area contributed by atoms with Crippen LogP contribution in [-0.4, -0.2) is 14.3 Å². The summed E-state index contributed by atoms with van der Waals surface area (Å²) in [6.45, 7) is 3.96. The largest absolute Gasteiger partial charge is 0.310 e. The smallest absolute Gasteiger partial charge is 0.262 e. The van der Waals surface area contributed by atoms with Crippen LogP contribution in [0.4, 0.5) is 0 Å². The van der Waals surface area contributed by atoms with Gasteiger partial charge >= 0.3 is 0 Å². The summed E-state index contributed by atoms with van der Waals surface area (Å²) in [5, 5.41) is 4.96. The number of rotatable bonds is 3. The second kappa shape index (κ2) is 6.79. The maximum atomic E-state index is 13.1. The van der Waals surface area contributed by atoms with Crippen LogP contribution in [0.5, 0.6) is 0 Å². The van der Waals surface area contributed by atoms with Crippen LogP contribution in [0.15, 0.2) is 53.5 Å². The summed E-state index contributed by atoms with van der Waals surface area (Å²) in [4.78, 5) is 13.1. The lowest BCUT2D eigenvalue weighted by molar-refractivity contribution is 0.588. The van der Waals surface area contributed by atoms with Crippen LogP contribution in [0.2, 0.25) is 15.1 Å². The molecule has 0 spiro atoms. The zero-order chi connectivity index (χ0) is 19.3. The van der Waals surface area contributed by atoms with Crippen LogP contribution >= 0.6 is 34.8 Å². The molecule has 1 N–H and O–H groups in total. The zero-order valence-electron chi connectivity index (χ0n) is 14.6. The Morgan fingerprint density at radius 3 is 2.26 bits per heavy atom. The van der Waals surface area contributed by atoms with Gasteiger partial charge in [0.15, 0.2) is 0 Å². The minimum atomic E-state index is -0.0509. The van der Waals surface area contributed by atoms with E-state index >= 15 is 0 Å². The molecular formula is C20H16Cl3N3O. The third kappa shape index (κ3) is 3.08. The van der Waals surface area contributed by atoms with Crippen LogP contribution in [-0.2, 0) is 0 Å². The second-order valence-electron chi connectivity index (χ2n) is 6.62. The van der Waals surface area contributed by atoms with Gasteiger partial charge in [0.05, 0.1) is 27.7 Å². The number of nitrogens with zero attached hydrogens (tertiary/aromatic N) is 2. The SMILES string of the molecule is CC(C)n1cc2[nH]n(-c3ccc(Cl)cc3Cl)c(-c3ccc(Cl)cc3)c-2c1=O. The minimum Gasteiger partial charge on any atom is -0.310 e. The first-order valence-electron chi connectivity index (χ1n) is 8.43. The van der Waals surface area contributed by atoms with E-state index in [4.69, 9.17) is 34.8 Å². The molecule has 0 radical (unpaired) electrons. The van der Waals surface area contributed by atoms with Gasteiger partial charge in [-0.1, -0.05) is 46.9 Å². The molecule has 0 unspecified atom stereocenters. The molecule has 7 heteroatoms. The fraction of sp³-hybridized carbons (Fsp3) is 0.150. The van der Waals surface area contributed by atoms with Gasteiger partial charge in [-0.2, -0.15) is 0 Å². The topological polar surface area (TPSA) is 42.7 Å². The number of nitrogens with one attached hydrogen (secondary N) is 1. The lowest BCUT2D eigenvalue weighted by Gasteiger charge is -2.12. The number of fused-ring (bicyclic) bond motifs is 1. The Morgan fingerprint density at radius 2 is 1.63 bits per heavy atom. The average Bonchev–Trinajstić information content (AvgIpc) is 3.13. The third-order valence-corrected chi connectivity index (χ3v) is 5.29. The standard InChI is InChI=1S/C20H16Cl3N3O/c1-11(2)25-10-16-18(20(25)27)19(12-3-5-13(21)6-4-12)26(24-16)17-8-7-14(22)9-15(17)23/h3-11,24H,1-2H3. The highest BCUT2D eigenvalue weighted by Gasteiger charge is 2.26. The lowest BCUT2D eigenvalue weighted by atomic mass is 10.1. The molecule has 2 heterocycles. The molecule has 2 aromatic rings. The Bertz CT molecular complexity index is 1150. The molecule has 0 aromatic heterocycles. The van der Waals surface area contributed by atoms with Crippen LogP contribution in [0, 0.1) is 0 Å². The summed E-state index contributed by atoms with van der Waals surface area (Å²) >= 11 is 18.5. The Labute approximate surface area is 171 Å². The lowest BCUT2D eigenvalue weighted by Crippen LogP contribution is -2.17. The quantitative estimate of drug-likeness (QED) is 0.416. The van der Waals surface area contributed by atoms with Gasteiger partial charge in [0.1, 0.15) is 0 Å². The second-order valence-corrected chi connectivity index (χ2v) is 7.90. The van der Waals surface area contributed by atoms with Gasteiger partial charge < -0.3 is 4.57 Å². The number of benzene rings is 2. The van der Waals surface area contributed by atoms with E-state index in [1.807, 2.05) is 42.9 Å². The molecule has 0 atom stereocenters. The third-order valence-electron chi connectivity index (χ3n) is 4.50. The summed E-state index contributed by atoms with van der Waals surface area (Å²) in [7, 11) is 0. The van der Waals surface area contributed by atoms with Crippen molar-refractivity contribution in [1.29, 1.82) is 0 Å². The Morgan fingerprint density at radius 1 is 0.963 bits per heavy atom. The molecule has 4 nitrogen and oxygen atoms in total. The number of halogens is 3. The van der Waals surface area contributed by atoms with Gasteiger partial charge in [-0.25, -0.2) is 0 Å². The molecule has 138 valence electrons. The highest BCUT2D eigenvalue weighted by molar-refractivity contribution is 6.35. The molecule has 0 saturated carbocycles. The first-order chi connectivity index (χ1) is 12.9. The monoisotopic (exact) mass is 419 g/mol. The Hall–Kier alpha value is -2.14. The van der Waals surface area contributed by atoms with E-state index in [2.05, 4.69) is 5.10 Å². The van der Waals surface area contributed by atoms with Crippen molar-refractivity contribution >= 4 is 34.8 Å². The fourth-order valence-electron chi connectivity index (χ4n) is 3.22. The Kier molecular flexibility index (Phi) is 4.58. The number of hydrogen-bond acceptors (Lipinski definition) is 1. The van der Waals surface area contributed by atoms with Crippen molar-refractivity contribution in [2.45, 2.75) is 19.9 Å². The average molecular weight is 421 g/mol. The first kappa shape index (κ1) is 18.2. The number of aromatic nitrogens is 3. The van der Waals surface area contributed by atoms with Gasteiger partial charge in [0, 0.05) is 27.8 Å². The van der Waals surface area contributed by atoms with Crippen molar-refractivity contribution in [3.8, 4) is 28.2 Å². The molecule has 2 aliphatic heterocycles. The van der Waals surface area contributed by atoms with Gasteiger partial charge in [-0.05, 0) is 44.2 Å². The molecule has 0 bridgehead atoms. The predicted molar refractivity (Wildman–Crippen MR) is 112 cm³/mol. The molecule has 27 heavy (non-hydrogen) atoms. The summed E-state index contributed by atoms with van der Waals surface area (Å²) in [6, 6.07) is 12.7. The number of aromatic amines is 1. The van der Waals surface area contributed by atoms with Crippen molar-refractivity contribution in [3.63, 3.8) is 0 Å². The predicted octanol–water partition coefficient (Wildman–Crippen LogP) is 6.28. The maximum Gasteiger partial charge on any atom is 0.262 e. The molecule has 0 amide bonds. The zero-order valence-corrected chi connectivity index (χ0v) is 16.9. The van der Waals surface area contributed by atoms with E-state index in [0.29, 0.717) is 26.3 Å². The summed E-state index contributed by atoms with van der Waals surface area (Å²) in [5.41, 5.74) is 3.59. The van der Waals surface area contributed by atoms with Gasteiger partial charge in [0.25, 0.3) is 5.56 Å². The van der Waals surface area contributed by atoms with Crippen molar-refractivity contribution in [2.75, 3.05) is 0 Å². The molecule has 0 saturated heterocycles. The molecule has 0 aliphatic carbocycles. The van der Waals surface area contributed by atoms with E-state index in [1.54, 1.807) is 28.8 Å². The molecular weight excluding hydrogens is 405 g/mol. The van der Waals surface area contributed by atoms with Crippen molar-refractivity contribution in [1.82, 2.24) is 14.3 Å². The molecule has 0 fully saturated rings. The Balaban J connectivity index is 2.07. The first-order valence-corrected chi connectivity index (χ1v) is 9.57. The summed E-state index contributed by atoms with van der Waals surface area (Å²) in [5.74, 6) is 0. The van der Waals surface area contributed by atoms with Crippen molar-refractivity contribution in [3.05, 3.63) is 74.1 Å². The van der Waals surface area contributed by atoms with Gasteiger partial charge in [0.2, 0.25) is 0 Å². The van der Waals surface area contributed by atoms with Crippen molar-refractivity contribution in [2.24, 2.45) is 0 Å². The normalized spacial score (nSPS) is 11.6. The summed E-state index contributed by atoms with van der Waals surface area (Å²) in [6.07, 6.45) is 1.84. The van der Waals surface area contributed by atoms with Gasteiger partial charge in [-0.15, -0.1) is 0 Å². The molecule has 2 aliphatic rings. The van der Waals surface area contributed by atoms with Crippen LogP contribution in [0.3, 0.4) is 0 Å². The minimum absolute atomic E-state index is 0.0509.